The molecule has 1 amide bonds. The molecule has 0 spiro atoms. The minimum absolute atomic E-state index is 0.0548. The predicted octanol–water partition coefficient (Wildman–Crippen LogP) is 3.84. The van der Waals surface area contributed by atoms with Gasteiger partial charge in [-0.2, -0.15) is 0 Å². The minimum Gasteiger partial charge on any atom is -0.382 e. The molecule has 0 aliphatic heterocycles. The van der Waals surface area contributed by atoms with Crippen molar-refractivity contribution < 1.29 is 4.79 Å². The Morgan fingerprint density at radius 3 is 2.43 bits per heavy atom. The molecule has 0 heterocycles. The summed E-state index contributed by atoms with van der Waals surface area (Å²) in [6.45, 7) is 8.74. The summed E-state index contributed by atoms with van der Waals surface area (Å²) in [6.07, 6.45) is 5.61. The zero-order chi connectivity index (χ0) is 15.2. The molecule has 0 aromatic heterocycles. The van der Waals surface area contributed by atoms with Crippen molar-refractivity contribution in [1.29, 1.82) is 0 Å². The van der Waals surface area contributed by atoms with Crippen molar-refractivity contribution in [3.63, 3.8) is 0 Å². The topological polar surface area (TPSA) is 41.1 Å². The Kier molecular flexibility index (Phi) is 5.43. The number of carbonyl (C=O) groups is 1. The summed E-state index contributed by atoms with van der Waals surface area (Å²) >= 11 is 0. The van der Waals surface area contributed by atoms with Gasteiger partial charge in [0.05, 0.1) is 0 Å². The van der Waals surface area contributed by atoms with Gasteiger partial charge in [0.25, 0.3) is 5.91 Å². The fourth-order valence-electron chi connectivity index (χ4n) is 3.14. The number of hydrogen-bond acceptors (Lipinski definition) is 2. The molecule has 0 saturated heterocycles. The molecule has 3 heteroatoms. The molecule has 1 aromatic rings. The smallest absolute Gasteiger partial charge is 0.251 e. The highest BCUT2D eigenvalue weighted by molar-refractivity contribution is 5.94. The Morgan fingerprint density at radius 2 is 1.86 bits per heavy atom. The second-order valence-corrected chi connectivity index (χ2v) is 6.13. The Bertz CT molecular complexity index is 470. The van der Waals surface area contributed by atoms with Crippen molar-refractivity contribution in [2.24, 2.45) is 11.8 Å². The molecule has 1 aromatic carbocycles. The van der Waals surface area contributed by atoms with Crippen LogP contribution in [0.15, 0.2) is 36.9 Å². The molecule has 1 fully saturated rings. The van der Waals surface area contributed by atoms with Crippen molar-refractivity contribution in [1.82, 2.24) is 5.32 Å². The van der Waals surface area contributed by atoms with Crippen LogP contribution in [-0.2, 0) is 0 Å². The molecule has 2 atom stereocenters. The summed E-state index contributed by atoms with van der Waals surface area (Å²) in [5, 5.41) is 6.43. The Morgan fingerprint density at radius 1 is 1.24 bits per heavy atom. The highest BCUT2D eigenvalue weighted by Gasteiger charge is 2.27. The van der Waals surface area contributed by atoms with E-state index in [9.17, 15) is 4.79 Å². The first-order chi connectivity index (χ1) is 10.1. The number of nitrogens with one attached hydrogen (secondary N) is 2. The largest absolute Gasteiger partial charge is 0.382 e. The molecule has 0 radical (unpaired) electrons. The van der Waals surface area contributed by atoms with Gasteiger partial charge in [-0.05, 0) is 48.9 Å². The van der Waals surface area contributed by atoms with E-state index in [0.717, 1.165) is 5.69 Å². The predicted molar refractivity (Wildman–Crippen MR) is 88.6 cm³/mol. The van der Waals surface area contributed by atoms with Crippen LogP contribution in [0.25, 0.3) is 0 Å². The maximum absolute atomic E-state index is 11.8. The van der Waals surface area contributed by atoms with E-state index in [1.54, 1.807) is 6.08 Å². The van der Waals surface area contributed by atoms with Crippen LogP contribution >= 0.6 is 0 Å². The second kappa shape index (κ2) is 7.30. The fourth-order valence-corrected chi connectivity index (χ4v) is 3.14. The minimum atomic E-state index is -0.0548. The lowest BCUT2D eigenvalue weighted by Crippen LogP contribution is -2.37. The van der Waals surface area contributed by atoms with Crippen molar-refractivity contribution in [3.05, 3.63) is 42.5 Å². The lowest BCUT2D eigenvalue weighted by molar-refractivity contribution is 0.0958. The quantitative estimate of drug-likeness (QED) is 0.807. The van der Waals surface area contributed by atoms with E-state index in [0.29, 0.717) is 30.0 Å². The van der Waals surface area contributed by atoms with Crippen LogP contribution in [0.2, 0.25) is 0 Å². The number of rotatable bonds is 5. The fraction of sp³-hybridized carbons (Fsp3) is 0.500. The van der Waals surface area contributed by atoms with Crippen LogP contribution in [0.4, 0.5) is 5.69 Å². The van der Waals surface area contributed by atoms with Gasteiger partial charge in [-0.3, -0.25) is 4.79 Å². The third-order valence-corrected chi connectivity index (χ3v) is 4.43. The van der Waals surface area contributed by atoms with E-state index in [1.807, 2.05) is 24.3 Å². The molecular weight excluding hydrogens is 260 g/mol. The normalized spacial score (nSPS) is 25.1. The van der Waals surface area contributed by atoms with Gasteiger partial charge in [-0.25, -0.2) is 0 Å². The van der Waals surface area contributed by atoms with Crippen LogP contribution in [-0.4, -0.2) is 18.5 Å². The van der Waals surface area contributed by atoms with Gasteiger partial charge in [0.1, 0.15) is 0 Å². The first-order valence-electron chi connectivity index (χ1n) is 7.87. The molecule has 2 rings (SSSR count). The summed E-state index contributed by atoms with van der Waals surface area (Å²) in [4.78, 5) is 11.8. The third-order valence-electron chi connectivity index (χ3n) is 4.43. The SMILES string of the molecule is C=CCNC(=O)c1ccc(NC2C(C)CCCC2C)cc1. The molecule has 21 heavy (non-hydrogen) atoms. The number of amides is 1. The van der Waals surface area contributed by atoms with Crippen LogP contribution in [0.3, 0.4) is 0 Å². The van der Waals surface area contributed by atoms with Crippen LogP contribution < -0.4 is 10.6 Å². The number of carbonyl (C=O) groups excluding carboxylic acids is 1. The van der Waals surface area contributed by atoms with E-state index >= 15 is 0 Å². The van der Waals surface area contributed by atoms with Crippen molar-refractivity contribution in [3.8, 4) is 0 Å². The molecule has 1 aliphatic rings. The van der Waals surface area contributed by atoms with Crippen molar-refractivity contribution >= 4 is 11.6 Å². The molecule has 3 nitrogen and oxygen atoms in total. The average molecular weight is 286 g/mol. The van der Waals surface area contributed by atoms with Gasteiger partial charge in [-0.1, -0.05) is 26.3 Å². The summed E-state index contributed by atoms with van der Waals surface area (Å²) in [5.74, 6) is 1.34. The average Bonchev–Trinajstić information content (AvgIpc) is 2.49. The van der Waals surface area contributed by atoms with Gasteiger partial charge < -0.3 is 10.6 Å². The highest BCUT2D eigenvalue weighted by atomic mass is 16.1. The second-order valence-electron chi connectivity index (χ2n) is 6.13. The Balaban J connectivity index is 1.98. The zero-order valence-electron chi connectivity index (χ0n) is 13.1. The summed E-state index contributed by atoms with van der Waals surface area (Å²) in [5.41, 5.74) is 1.79. The molecule has 114 valence electrons. The van der Waals surface area contributed by atoms with Gasteiger partial charge >= 0.3 is 0 Å². The summed E-state index contributed by atoms with van der Waals surface area (Å²) in [7, 11) is 0. The molecule has 1 aliphatic carbocycles. The van der Waals surface area contributed by atoms with Gasteiger partial charge in [0, 0.05) is 23.8 Å². The van der Waals surface area contributed by atoms with E-state index in [-0.39, 0.29) is 5.91 Å². The zero-order valence-corrected chi connectivity index (χ0v) is 13.1. The van der Waals surface area contributed by atoms with Crippen LogP contribution in [0.1, 0.15) is 43.5 Å². The van der Waals surface area contributed by atoms with Crippen molar-refractivity contribution in [2.45, 2.75) is 39.2 Å². The Labute approximate surface area is 127 Å². The molecular formula is C18H26N2O. The third kappa shape index (κ3) is 4.10. The summed E-state index contributed by atoms with van der Waals surface area (Å²) < 4.78 is 0. The van der Waals surface area contributed by atoms with Gasteiger partial charge in [0.15, 0.2) is 0 Å². The summed E-state index contributed by atoms with van der Waals surface area (Å²) in [6, 6.07) is 8.27. The monoisotopic (exact) mass is 286 g/mol. The molecule has 2 unspecified atom stereocenters. The van der Waals surface area contributed by atoms with E-state index in [1.165, 1.54) is 19.3 Å². The van der Waals surface area contributed by atoms with E-state index in [4.69, 9.17) is 0 Å². The van der Waals surface area contributed by atoms with Gasteiger partial charge in [0.2, 0.25) is 0 Å². The number of benzene rings is 1. The molecule has 0 bridgehead atoms. The van der Waals surface area contributed by atoms with Crippen LogP contribution in [0, 0.1) is 11.8 Å². The maximum Gasteiger partial charge on any atom is 0.251 e. The number of anilines is 1. The first kappa shape index (κ1) is 15.6. The first-order valence-corrected chi connectivity index (χ1v) is 7.87. The van der Waals surface area contributed by atoms with Crippen LogP contribution in [0.5, 0.6) is 0 Å². The van der Waals surface area contributed by atoms with E-state index in [2.05, 4.69) is 31.1 Å². The molecule has 2 N–H and O–H groups in total. The lowest BCUT2D eigenvalue weighted by atomic mass is 9.78. The highest BCUT2D eigenvalue weighted by Crippen LogP contribution is 2.31. The maximum atomic E-state index is 11.8. The Hall–Kier alpha value is -1.77. The van der Waals surface area contributed by atoms with Gasteiger partial charge in [-0.15, -0.1) is 6.58 Å². The standard InChI is InChI=1S/C18H26N2O/c1-4-12-19-18(21)15-8-10-16(11-9-15)20-17-13(2)6-5-7-14(17)3/h4,8-11,13-14,17,20H,1,5-7,12H2,2-3H3,(H,19,21). The van der Waals surface area contributed by atoms with Crippen molar-refractivity contribution in [2.75, 3.05) is 11.9 Å². The lowest BCUT2D eigenvalue weighted by Gasteiger charge is -2.35. The number of hydrogen-bond donors (Lipinski definition) is 2. The molecule has 1 saturated carbocycles. The van der Waals surface area contributed by atoms with E-state index < -0.39 is 0 Å².